The predicted molar refractivity (Wildman–Crippen MR) is 76.8 cm³/mol. The smallest absolute Gasteiger partial charge is 0.0242 e. The Morgan fingerprint density at radius 2 is 2.06 bits per heavy atom. The highest BCUT2D eigenvalue weighted by molar-refractivity contribution is 7.07. The first-order valence-electron chi connectivity index (χ1n) is 7.04. The standard InChI is InChI=1S/C14H23N3S/c15-13-1-6-17(7-2-13)14-3-5-16(10-14)9-12-4-8-18-11-12/h4,8,11,13-14H,1-3,5-7,9-10,15H2. The second kappa shape index (κ2) is 5.70. The number of hydrogen-bond acceptors (Lipinski definition) is 4. The zero-order chi connectivity index (χ0) is 12.4. The van der Waals surface area contributed by atoms with Crippen LogP contribution in [0.15, 0.2) is 16.8 Å². The SMILES string of the molecule is NC1CCN(C2CCN(Cc3ccsc3)C2)CC1. The highest BCUT2D eigenvalue weighted by Gasteiger charge is 2.29. The minimum absolute atomic E-state index is 0.449. The van der Waals surface area contributed by atoms with Gasteiger partial charge in [-0.15, -0.1) is 0 Å². The van der Waals surface area contributed by atoms with Gasteiger partial charge in [0.15, 0.2) is 0 Å². The molecular weight excluding hydrogens is 242 g/mol. The van der Waals surface area contributed by atoms with Crippen molar-refractivity contribution in [2.45, 2.75) is 37.9 Å². The van der Waals surface area contributed by atoms with Crippen LogP contribution in [0.25, 0.3) is 0 Å². The summed E-state index contributed by atoms with van der Waals surface area (Å²) < 4.78 is 0. The molecule has 0 aromatic carbocycles. The van der Waals surface area contributed by atoms with Crippen molar-refractivity contribution in [3.8, 4) is 0 Å². The zero-order valence-electron chi connectivity index (χ0n) is 10.9. The molecule has 1 unspecified atom stereocenters. The molecule has 0 radical (unpaired) electrons. The molecule has 1 aromatic heterocycles. The molecule has 4 heteroatoms. The van der Waals surface area contributed by atoms with E-state index in [1.54, 1.807) is 11.3 Å². The molecule has 1 atom stereocenters. The molecule has 3 nitrogen and oxygen atoms in total. The largest absolute Gasteiger partial charge is 0.328 e. The summed E-state index contributed by atoms with van der Waals surface area (Å²) in [6, 6.07) is 3.47. The van der Waals surface area contributed by atoms with Crippen LogP contribution >= 0.6 is 11.3 Å². The third-order valence-corrected chi connectivity index (χ3v) is 5.06. The Hall–Kier alpha value is -0.420. The Morgan fingerprint density at radius 3 is 2.78 bits per heavy atom. The van der Waals surface area contributed by atoms with E-state index in [1.807, 2.05) is 0 Å². The summed E-state index contributed by atoms with van der Waals surface area (Å²) in [5.41, 5.74) is 7.45. The van der Waals surface area contributed by atoms with Gasteiger partial charge >= 0.3 is 0 Å². The van der Waals surface area contributed by atoms with Gasteiger partial charge in [-0.25, -0.2) is 0 Å². The fraction of sp³-hybridized carbons (Fsp3) is 0.714. The Labute approximate surface area is 114 Å². The first kappa shape index (κ1) is 12.6. The molecule has 2 aliphatic rings. The third-order valence-electron chi connectivity index (χ3n) is 4.32. The molecule has 2 fully saturated rings. The lowest BCUT2D eigenvalue weighted by Crippen LogP contribution is -2.46. The normalized spacial score (nSPS) is 27.9. The van der Waals surface area contributed by atoms with Crippen molar-refractivity contribution in [2.75, 3.05) is 26.2 Å². The van der Waals surface area contributed by atoms with Crippen LogP contribution in [0, 0.1) is 0 Å². The number of rotatable bonds is 3. The minimum atomic E-state index is 0.449. The topological polar surface area (TPSA) is 32.5 Å². The average Bonchev–Trinajstić information content (AvgIpc) is 3.02. The third kappa shape index (κ3) is 2.94. The molecule has 3 rings (SSSR count). The van der Waals surface area contributed by atoms with Crippen molar-refractivity contribution < 1.29 is 0 Å². The second-order valence-electron chi connectivity index (χ2n) is 5.68. The summed E-state index contributed by atoms with van der Waals surface area (Å²) >= 11 is 1.80. The summed E-state index contributed by atoms with van der Waals surface area (Å²) in [5.74, 6) is 0. The van der Waals surface area contributed by atoms with Gasteiger partial charge in [0.05, 0.1) is 0 Å². The highest BCUT2D eigenvalue weighted by atomic mass is 32.1. The van der Waals surface area contributed by atoms with E-state index < -0.39 is 0 Å². The van der Waals surface area contributed by atoms with E-state index in [9.17, 15) is 0 Å². The number of nitrogens with zero attached hydrogens (tertiary/aromatic N) is 2. The van der Waals surface area contributed by atoms with Crippen LogP contribution in [0.1, 0.15) is 24.8 Å². The van der Waals surface area contributed by atoms with Crippen molar-refractivity contribution in [2.24, 2.45) is 5.73 Å². The van der Waals surface area contributed by atoms with Crippen LogP contribution < -0.4 is 5.73 Å². The Morgan fingerprint density at radius 1 is 1.22 bits per heavy atom. The molecular formula is C14H23N3S. The maximum Gasteiger partial charge on any atom is 0.0242 e. The molecule has 1 aromatic rings. The van der Waals surface area contributed by atoms with Gasteiger partial charge in [0, 0.05) is 31.7 Å². The molecule has 0 bridgehead atoms. The summed E-state index contributed by atoms with van der Waals surface area (Å²) in [4.78, 5) is 5.26. The number of nitrogens with two attached hydrogens (primary N) is 1. The molecule has 18 heavy (non-hydrogen) atoms. The first-order chi connectivity index (χ1) is 8.81. The molecule has 0 aliphatic carbocycles. The lowest BCUT2D eigenvalue weighted by atomic mass is 10.0. The minimum Gasteiger partial charge on any atom is -0.328 e. The summed E-state index contributed by atoms with van der Waals surface area (Å²) in [5, 5.41) is 4.45. The van der Waals surface area contributed by atoms with Gasteiger partial charge in [-0.05, 0) is 54.7 Å². The molecule has 2 aliphatic heterocycles. The van der Waals surface area contributed by atoms with E-state index in [0.717, 1.165) is 12.6 Å². The number of piperidine rings is 1. The van der Waals surface area contributed by atoms with Gasteiger partial charge in [-0.1, -0.05) is 0 Å². The number of thiophene rings is 1. The van der Waals surface area contributed by atoms with E-state index in [1.165, 1.54) is 51.0 Å². The Bertz CT molecular complexity index is 357. The lowest BCUT2D eigenvalue weighted by molar-refractivity contribution is 0.151. The van der Waals surface area contributed by atoms with Crippen molar-refractivity contribution in [1.82, 2.24) is 9.80 Å². The summed E-state index contributed by atoms with van der Waals surface area (Å²) in [7, 11) is 0. The van der Waals surface area contributed by atoms with E-state index in [-0.39, 0.29) is 0 Å². The predicted octanol–water partition coefficient (Wildman–Crippen LogP) is 1.75. The number of hydrogen-bond donors (Lipinski definition) is 1. The quantitative estimate of drug-likeness (QED) is 0.903. The molecule has 0 saturated carbocycles. The first-order valence-corrected chi connectivity index (χ1v) is 7.98. The molecule has 2 saturated heterocycles. The second-order valence-corrected chi connectivity index (χ2v) is 6.46. The van der Waals surface area contributed by atoms with Crippen LogP contribution in [0.2, 0.25) is 0 Å². The Balaban J connectivity index is 1.49. The van der Waals surface area contributed by atoms with Crippen molar-refractivity contribution in [3.05, 3.63) is 22.4 Å². The van der Waals surface area contributed by atoms with Crippen LogP contribution in [-0.2, 0) is 6.54 Å². The van der Waals surface area contributed by atoms with Gasteiger partial charge in [-0.3, -0.25) is 9.80 Å². The van der Waals surface area contributed by atoms with E-state index in [0.29, 0.717) is 6.04 Å². The van der Waals surface area contributed by atoms with Crippen LogP contribution in [0.5, 0.6) is 0 Å². The van der Waals surface area contributed by atoms with Crippen LogP contribution in [-0.4, -0.2) is 48.1 Å². The van der Waals surface area contributed by atoms with Gasteiger partial charge in [0.2, 0.25) is 0 Å². The fourth-order valence-electron chi connectivity index (χ4n) is 3.18. The Kier molecular flexibility index (Phi) is 3.99. The highest BCUT2D eigenvalue weighted by Crippen LogP contribution is 2.21. The van der Waals surface area contributed by atoms with E-state index >= 15 is 0 Å². The molecule has 2 N–H and O–H groups in total. The lowest BCUT2D eigenvalue weighted by Gasteiger charge is -2.34. The molecule has 3 heterocycles. The van der Waals surface area contributed by atoms with Gasteiger partial charge < -0.3 is 5.73 Å². The van der Waals surface area contributed by atoms with Gasteiger partial charge in [0.1, 0.15) is 0 Å². The molecule has 100 valence electrons. The molecule has 0 spiro atoms. The monoisotopic (exact) mass is 265 g/mol. The summed E-state index contributed by atoms with van der Waals surface area (Å²) in [6.07, 6.45) is 3.70. The van der Waals surface area contributed by atoms with Crippen LogP contribution in [0.3, 0.4) is 0 Å². The maximum atomic E-state index is 5.98. The van der Waals surface area contributed by atoms with E-state index in [2.05, 4.69) is 26.6 Å². The number of likely N-dealkylation sites (tertiary alicyclic amines) is 2. The van der Waals surface area contributed by atoms with Crippen molar-refractivity contribution in [3.63, 3.8) is 0 Å². The molecule has 0 amide bonds. The van der Waals surface area contributed by atoms with Gasteiger partial charge in [0.25, 0.3) is 0 Å². The van der Waals surface area contributed by atoms with Crippen molar-refractivity contribution in [1.29, 1.82) is 0 Å². The zero-order valence-corrected chi connectivity index (χ0v) is 11.7. The van der Waals surface area contributed by atoms with Crippen molar-refractivity contribution >= 4 is 11.3 Å². The van der Waals surface area contributed by atoms with E-state index in [4.69, 9.17) is 5.73 Å². The fourth-order valence-corrected chi connectivity index (χ4v) is 3.84. The summed E-state index contributed by atoms with van der Waals surface area (Å²) in [6.45, 7) is 6.04. The average molecular weight is 265 g/mol. The van der Waals surface area contributed by atoms with Gasteiger partial charge in [-0.2, -0.15) is 11.3 Å². The maximum absolute atomic E-state index is 5.98. The van der Waals surface area contributed by atoms with Crippen LogP contribution in [0.4, 0.5) is 0 Å².